The Bertz CT molecular complexity index is 776. The Kier molecular flexibility index (Phi) is 3.40. The van der Waals surface area contributed by atoms with E-state index in [9.17, 15) is 0 Å². The Morgan fingerprint density at radius 1 is 1.23 bits per heavy atom. The highest BCUT2D eigenvalue weighted by Gasteiger charge is 2.14. The molecule has 2 aromatic heterocycles. The molecular weight excluding hydrogens is 278 g/mol. The number of anilines is 1. The van der Waals surface area contributed by atoms with Gasteiger partial charge in [-0.15, -0.1) is 5.10 Å². The molecule has 3 heterocycles. The van der Waals surface area contributed by atoms with E-state index in [1.807, 2.05) is 30.3 Å². The van der Waals surface area contributed by atoms with E-state index < -0.39 is 0 Å². The van der Waals surface area contributed by atoms with Crippen molar-refractivity contribution < 1.29 is 0 Å². The summed E-state index contributed by atoms with van der Waals surface area (Å²) in [5.41, 5.74) is 1.79. The minimum atomic E-state index is 0.372. The van der Waals surface area contributed by atoms with Crippen molar-refractivity contribution >= 4 is 17.0 Å². The lowest BCUT2D eigenvalue weighted by Gasteiger charge is -2.23. The Morgan fingerprint density at radius 2 is 2.18 bits per heavy atom. The van der Waals surface area contributed by atoms with Gasteiger partial charge in [0.1, 0.15) is 5.52 Å². The highest BCUT2D eigenvalue weighted by atomic mass is 15.4. The summed E-state index contributed by atoms with van der Waals surface area (Å²) in [6.45, 7) is 2.03. The summed E-state index contributed by atoms with van der Waals surface area (Å²) >= 11 is 0. The third-order valence-electron chi connectivity index (χ3n) is 3.84. The maximum atomic E-state index is 4.57. The largest absolute Gasteiger partial charge is 0.350 e. The Morgan fingerprint density at radius 3 is 3.09 bits per heavy atom. The van der Waals surface area contributed by atoms with Crippen LogP contribution in [0.1, 0.15) is 12.8 Å². The molecule has 3 aromatic rings. The second-order valence-corrected chi connectivity index (χ2v) is 5.42. The molecule has 1 aliphatic heterocycles. The lowest BCUT2D eigenvalue weighted by molar-refractivity contribution is 0.478. The van der Waals surface area contributed by atoms with E-state index in [4.69, 9.17) is 0 Å². The number of aromatic nitrogens is 5. The van der Waals surface area contributed by atoms with Crippen molar-refractivity contribution in [2.45, 2.75) is 18.9 Å². The molecule has 1 fully saturated rings. The first-order valence-corrected chi connectivity index (χ1v) is 7.51. The van der Waals surface area contributed by atoms with Gasteiger partial charge in [-0.1, -0.05) is 17.3 Å². The third-order valence-corrected chi connectivity index (χ3v) is 3.84. The van der Waals surface area contributed by atoms with Crippen molar-refractivity contribution in [3.05, 3.63) is 36.5 Å². The van der Waals surface area contributed by atoms with Crippen LogP contribution in [0.15, 0.2) is 36.5 Å². The van der Waals surface area contributed by atoms with Crippen LogP contribution in [0.4, 0.5) is 5.95 Å². The van der Waals surface area contributed by atoms with Gasteiger partial charge in [0, 0.05) is 24.8 Å². The summed E-state index contributed by atoms with van der Waals surface area (Å²) in [6.07, 6.45) is 4.05. The molecule has 0 bridgehead atoms. The van der Waals surface area contributed by atoms with Crippen molar-refractivity contribution in [3.8, 4) is 5.82 Å². The second-order valence-electron chi connectivity index (χ2n) is 5.42. The van der Waals surface area contributed by atoms with Gasteiger partial charge in [-0.3, -0.25) is 0 Å². The van der Waals surface area contributed by atoms with Crippen LogP contribution in [0.2, 0.25) is 0 Å². The number of benzene rings is 1. The van der Waals surface area contributed by atoms with Crippen molar-refractivity contribution in [2.24, 2.45) is 0 Å². The number of rotatable bonds is 3. The fraction of sp³-hybridized carbons (Fsp3) is 0.333. The minimum absolute atomic E-state index is 0.372. The molecule has 0 aliphatic carbocycles. The van der Waals surface area contributed by atoms with Gasteiger partial charge in [0.05, 0.1) is 5.52 Å². The van der Waals surface area contributed by atoms with Gasteiger partial charge in [0.15, 0.2) is 5.82 Å². The lowest BCUT2D eigenvalue weighted by atomic mass is 10.1. The highest BCUT2D eigenvalue weighted by Crippen LogP contribution is 2.15. The van der Waals surface area contributed by atoms with Crippen molar-refractivity contribution in [1.29, 1.82) is 0 Å². The van der Waals surface area contributed by atoms with E-state index in [1.54, 1.807) is 10.9 Å². The normalized spacial score (nSPS) is 18.5. The Labute approximate surface area is 127 Å². The first-order chi connectivity index (χ1) is 10.9. The van der Waals surface area contributed by atoms with E-state index in [1.165, 1.54) is 6.42 Å². The lowest BCUT2D eigenvalue weighted by Crippen LogP contribution is -2.38. The van der Waals surface area contributed by atoms with Crippen LogP contribution in [0, 0.1) is 0 Å². The van der Waals surface area contributed by atoms with Gasteiger partial charge in [-0.05, 0) is 31.5 Å². The predicted molar refractivity (Wildman–Crippen MR) is 84.0 cm³/mol. The quantitative estimate of drug-likeness (QED) is 0.760. The summed E-state index contributed by atoms with van der Waals surface area (Å²) < 4.78 is 1.74. The fourth-order valence-electron chi connectivity index (χ4n) is 2.73. The van der Waals surface area contributed by atoms with Crippen LogP contribution < -0.4 is 10.6 Å². The minimum Gasteiger partial charge on any atom is -0.350 e. The molecule has 1 saturated heterocycles. The average molecular weight is 295 g/mol. The summed E-state index contributed by atoms with van der Waals surface area (Å²) in [7, 11) is 0. The van der Waals surface area contributed by atoms with Crippen molar-refractivity contribution in [3.63, 3.8) is 0 Å². The molecule has 4 rings (SSSR count). The molecule has 1 aliphatic rings. The molecule has 0 amide bonds. The molecule has 0 saturated carbocycles. The molecule has 2 N–H and O–H groups in total. The van der Waals surface area contributed by atoms with Gasteiger partial charge >= 0.3 is 0 Å². The maximum absolute atomic E-state index is 4.57. The van der Waals surface area contributed by atoms with Gasteiger partial charge in [0.2, 0.25) is 5.95 Å². The monoisotopic (exact) mass is 295 g/mol. The number of nitrogens with zero attached hydrogens (tertiary/aromatic N) is 5. The topological polar surface area (TPSA) is 80.5 Å². The van der Waals surface area contributed by atoms with Crippen LogP contribution in [-0.2, 0) is 0 Å². The average Bonchev–Trinajstić information content (AvgIpc) is 3.00. The van der Waals surface area contributed by atoms with E-state index in [2.05, 4.69) is 30.9 Å². The SMILES string of the molecule is c1ccc2c(c1)nnn2-c1ccnc(NC2CCCNC2)n1. The summed E-state index contributed by atoms with van der Waals surface area (Å²) in [5, 5.41) is 15.1. The second kappa shape index (κ2) is 5.69. The number of hydrogen-bond donors (Lipinski definition) is 2. The van der Waals surface area contributed by atoms with E-state index in [0.29, 0.717) is 12.0 Å². The molecule has 7 heteroatoms. The van der Waals surface area contributed by atoms with Crippen molar-refractivity contribution in [2.75, 3.05) is 18.4 Å². The zero-order valence-electron chi connectivity index (χ0n) is 12.1. The number of hydrogen-bond acceptors (Lipinski definition) is 6. The third kappa shape index (κ3) is 2.50. The maximum Gasteiger partial charge on any atom is 0.224 e. The number of para-hydroxylation sites is 1. The number of fused-ring (bicyclic) bond motifs is 1. The molecular formula is C15H17N7. The van der Waals surface area contributed by atoms with Gasteiger partial charge in [-0.2, -0.15) is 9.67 Å². The molecule has 1 atom stereocenters. The fourth-order valence-corrected chi connectivity index (χ4v) is 2.73. The highest BCUT2D eigenvalue weighted by molar-refractivity contribution is 5.75. The molecule has 0 spiro atoms. The standard InChI is InChI=1S/C15H17N7/c1-2-6-13-12(5-1)20-21-22(13)14-7-9-17-15(19-14)18-11-4-3-8-16-10-11/h1-2,5-7,9,11,16H,3-4,8,10H2,(H,17,18,19). The van der Waals surface area contributed by atoms with Crippen LogP contribution in [0.25, 0.3) is 16.9 Å². The number of piperidine rings is 1. The summed E-state index contributed by atoms with van der Waals surface area (Å²) in [6, 6.07) is 10.0. The van der Waals surface area contributed by atoms with Gasteiger partial charge in [0.25, 0.3) is 0 Å². The smallest absolute Gasteiger partial charge is 0.224 e. The molecule has 7 nitrogen and oxygen atoms in total. The van der Waals surface area contributed by atoms with Crippen LogP contribution in [-0.4, -0.2) is 44.1 Å². The molecule has 0 radical (unpaired) electrons. The molecule has 112 valence electrons. The molecule has 1 unspecified atom stereocenters. The molecule has 22 heavy (non-hydrogen) atoms. The van der Waals surface area contributed by atoms with Gasteiger partial charge in [-0.25, -0.2) is 4.98 Å². The first-order valence-electron chi connectivity index (χ1n) is 7.51. The number of nitrogens with one attached hydrogen (secondary N) is 2. The van der Waals surface area contributed by atoms with Crippen molar-refractivity contribution in [1.82, 2.24) is 30.3 Å². The van der Waals surface area contributed by atoms with Crippen LogP contribution in [0.5, 0.6) is 0 Å². The summed E-state index contributed by atoms with van der Waals surface area (Å²) in [5.74, 6) is 1.35. The van der Waals surface area contributed by atoms with E-state index in [-0.39, 0.29) is 0 Å². The van der Waals surface area contributed by atoms with Crippen LogP contribution >= 0.6 is 0 Å². The van der Waals surface area contributed by atoms with E-state index in [0.717, 1.165) is 36.4 Å². The first kappa shape index (κ1) is 13.1. The zero-order valence-corrected chi connectivity index (χ0v) is 12.1. The Balaban J connectivity index is 1.63. The van der Waals surface area contributed by atoms with E-state index >= 15 is 0 Å². The Hall–Kier alpha value is -2.54. The summed E-state index contributed by atoms with van der Waals surface area (Å²) in [4.78, 5) is 8.88. The zero-order chi connectivity index (χ0) is 14.8. The predicted octanol–water partition coefficient (Wildman–Crippen LogP) is 1.37. The van der Waals surface area contributed by atoms with Crippen LogP contribution in [0.3, 0.4) is 0 Å². The molecule has 1 aromatic carbocycles. The van der Waals surface area contributed by atoms with Gasteiger partial charge < -0.3 is 10.6 Å².